The van der Waals surface area contributed by atoms with Gasteiger partial charge < -0.3 is 5.32 Å². The fourth-order valence-corrected chi connectivity index (χ4v) is 4.19. The van der Waals surface area contributed by atoms with Gasteiger partial charge in [-0.25, -0.2) is 0 Å². The second kappa shape index (κ2) is 7.86. The number of amides is 1. The molecule has 4 rings (SSSR count). The molecule has 0 fully saturated rings. The van der Waals surface area contributed by atoms with E-state index in [1.165, 1.54) is 11.8 Å². The molecule has 0 aliphatic rings. The van der Waals surface area contributed by atoms with Gasteiger partial charge in [-0.3, -0.25) is 9.20 Å². The van der Waals surface area contributed by atoms with Gasteiger partial charge in [0.1, 0.15) is 5.25 Å². The van der Waals surface area contributed by atoms with Crippen molar-refractivity contribution in [2.24, 2.45) is 0 Å². The van der Waals surface area contributed by atoms with Crippen LogP contribution in [0.15, 0.2) is 78.1 Å². The Labute approximate surface area is 167 Å². The fourth-order valence-electron chi connectivity index (χ4n) is 3.16. The number of anilines is 1. The standard InChI is InChI=1S/C22H20N4OS/c1-15-12-16(2)14-18(13-15)23-21(27)20(17-8-4-3-5-9-17)28-22-25-24-19-10-6-7-11-26(19)22/h3-14,20H,1-2H3,(H,23,27). The summed E-state index contributed by atoms with van der Waals surface area (Å²) in [5.41, 5.74) is 4.70. The molecule has 0 aliphatic heterocycles. The second-order valence-corrected chi connectivity index (χ2v) is 7.76. The molecule has 0 bridgehead atoms. The topological polar surface area (TPSA) is 59.3 Å². The van der Waals surface area contributed by atoms with Crippen molar-refractivity contribution in [3.8, 4) is 0 Å². The Balaban J connectivity index is 1.66. The molecule has 1 amide bonds. The molecule has 1 atom stereocenters. The summed E-state index contributed by atoms with van der Waals surface area (Å²) in [5.74, 6) is -0.0890. The number of fused-ring (bicyclic) bond motifs is 1. The van der Waals surface area contributed by atoms with Crippen LogP contribution in [0.2, 0.25) is 0 Å². The third-order valence-corrected chi connectivity index (χ3v) is 5.55. The molecule has 4 aromatic rings. The Kier molecular flexibility index (Phi) is 5.12. The third kappa shape index (κ3) is 3.92. The first kappa shape index (κ1) is 18.3. The van der Waals surface area contributed by atoms with E-state index in [4.69, 9.17) is 0 Å². The molecule has 0 saturated carbocycles. The summed E-state index contributed by atoms with van der Waals surface area (Å²) in [7, 11) is 0. The first-order valence-corrected chi connectivity index (χ1v) is 9.88. The van der Waals surface area contributed by atoms with E-state index >= 15 is 0 Å². The Hall–Kier alpha value is -3.12. The van der Waals surface area contributed by atoms with Crippen LogP contribution in [0.25, 0.3) is 5.65 Å². The van der Waals surface area contributed by atoms with Crippen molar-refractivity contribution in [1.29, 1.82) is 0 Å². The van der Waals surface area contributed by atoms with Crippen molar-refractivity contribution in [3.63, 3.8) is 0 Å². The van der Waals surface area contributed by atoms with Gasteiger partial charge in [-0.1, -0.05) is 54.2 Å². The van der Waals surface area contributed by atoms with Gasteiger partial charge in [-0.2, -0.15) is 0 Å². The summed E-state index contributed by atoms with van der Waals surface area (Å²) in [6.07, 6.45) is 1.90. The molecule has 0 radical (unpaired) electrons. The van der Waals surface area contributed by atoms with Crippen molar-refractivity contribution in [3.05, 3.63) is 89.6 Å². The number of aryl methyl sites for hydroxylation is 2. The highest BCUT2D eigenvalue weighted by molar-refractivity contribution is 8.00. The van der Waals surface area contributed by atoms with Crippen molar-refractivity contribution >= 4 is 29.0 Å². The van der Waals surface area contributed by atoms with Gasteiger partial charge in [-0.05, 0) is 54.8 Å². The predicted octanol–water partition coefficient (Wildman–Crippen LogP) is 4.82. The number of benzene rings is 2. The van der Waals surface area contributed by atoms with Crippen LogP contribution in [0.1, 0.15) is 21.9 Å². The summed E-state index contributed by atoms with van der Waals surface area (Å²) < 4.78 is 1.89. The van der Waals surface area contributed by atoms with Gasteiger partial charge in [0.25, 0.3) is 0 Å². The highest BCUT2D eigenvalue weighted by Crippen LogP contribution is 2.35. The average molecular weight is 388 g/mol. The molecule has 1 N–H and O–H groups in total. The lowest BCUT2D eigenvalue weighted by Gasteiger charge is -2.16. The van der Waals surface area contributed by atoms with E-state index < -0.39 is 5.25 Å². The summed E-state index contributed by atoms with van der Waals surface area (Å²) in [6, 6.07) is 21.5. The summed E-state index contributed by atoms with van der Waals surface area (Å²) in [4.78, 5) is 13.2. The maximum atomic E-state index is 13.2. The van der Waals surface area contributed by atoms with Crippen LogP contribution in [0.3, 0.4) is 0 Å². The van der Waals surface area contributed by atoms with E-state index in [1.807, 2.05) is 85.1 Å². The lowest BCUT2D eigenvalue weighted by Crippen LogP contribution is -2.19. The molecule has 0 saturated heterocycles. The largest absolute Gasteiger partial charge is 0.325 e. The van der Waals surface area contributed by atoms with Crippen molar-refractivity contribution in [2.45, 2.75) is 24.3 Å². The molecule has 2 heterocycles. The highest BCUT2D eigenvalue weighted by atomic mass is 32.2. The van der Waals surface area contributed by atoms with Gasteiger partial charge in [0.15, 0.2) is 10.8 Å². The van der Waals surface area contributed by atoms with Gasteiger partial charge in [0.05, 0.1) is 0 Å². The molecule has 140 valence electrons. The first-order chi connectivity index (χ1) is 13.6. The van der Waals surface area contributed by atoms with Gasteiger partial charge in [0.2, 0.25) is 5.91 Å². The predicted molar refractivity (Wildman–Crippen MR) is 113 cm³/mol. The van der Waals surface area contributed by atoms with Gasteiger partial charge in [0, 0.05) is 11.9 Å². The summed E-state index contributed by atoms with van der Waals surface area (Å²) >= 11 is 1.39. The average Bonchev–Trinajstić information content (AvgIpc) is 3.09. The van der Waals surface area contributed by atoms with Crippen molar-refractivity contribution in [1.82, 2.24) is 14.6 Å². The van der Waals surface area contributed by atoms with Crippen LogP contribution in [0.4, 0.5) is 5.69 Å². The first-order valence-electron chi connectivity index (χ1n) is 9.01. The molecule has 2 aromatic carbocycles. The smallest absolute Gasteiger partial charge is 0.242 e. The van der Waals surface area contributed by atoms with E-state index in [2.05, 4.69) is 21.6 Å². The maximum Gasteiger partial charge on any atom is 0.242 e. The number of hydrogen-bond donors (Lipinski definition) is 1. The third-order valence-electron chi connectivity index (χ3n) is 4.34. The highest BCUT2D eigenvalue weighted by Gasteiger charge is 2.24. The zero-order valence-corrected chi connectivity index (χ0v) is 16.5. The quantitative estimate of drug-likeness (QED) is 0.498. The normalized spacial score (nSPS) is 12.1. The van der Waals surface area contributed by atoms with Crippen LogP contribution in [0, 0.1) is 13.8 Å². The number of aromatic nitrogens is 3. The fraction of sp³-hybridized carbons (Fsp3) is 0.136. The molecule has 6 heteroatoms. The molecule has 0 spiro atoms. The van der Waals surface area contributed by atoms with E-state index in [0.717, 1.165) is 28.0 Å². The number of carbonyl (C=O) groups is 1. The second-order valence-electron chi connectivity index (χ2n) is 6.69. The minimum atomic E-state index is -0.449. The number of nitrogens with zero attached hydrogens (tertiary/aromatic N) is 3. The molecule has 0 aliphatic carbocycles. The van der Waals surface area contributed by atoms with Gasteiger partial charge >= 0.3 is 0 Å². The summed E-state index contributed by atoms with van der Waals surface area (Å²) in [5, 5.41) is 11.8. The molecular weight excluding hydrogens is 368 g/mol. The van der Waals surface area contributed by atoms with Crippen LogP contribution >= 0.6 is 11.8 Å². The van der Waals surface area contributed by atoms with Gasteiger partial charge in [-0.15, -0.1) is 10.2 Å². The monoisotopic (exact) mass is 388 g/mol. The van der Waals surface area contributed by atoms with Crippen molar-refractivity contribution < 1.29 is 4.79 Å². The Morgan fingerprint density at radius 3 is 2.43 bits per heavy atom. The molecule has 5 nitrogen and oxygen atoms in total. The SMILES string of the molecule is Cc1cc(C)cc(NC(=O)C(Sc2nnc3ccccn23)c2ccccc2)c1. The molecule has 1 unspecified atom stereocenters. The molecular formula is C22H20N4OS. The Morgan fingerprint density at radius 1 is 0.964 bits per heavy atom. The van der Waals surface area contributed by atoms with Crippen LogP contribution in [-0.2, 0) is 4.79 Å². The van der Waals surface area contributed by atoms with E-state index in [-0.39, 0.29) is 5.91 Å². The van der Waals surface area contributed by atoms with Crippen LogP contribution < -0.4 is 5.32 Å². The van der Waals surface area contributed by atoms with Crippen LogP contribution in [-0.4, -0.2) is 20.5 Å². The van der Waals surface area contributed by atoms with E-state index in [0.29, 0.717) is 5.16 Å². The van der Waals surface area contributed by atoms with Crippen molar-refractivity contribution in [2.75, 3.05) is 5.32 Å². The molecule has 2 aromatic heterocycles. The summed E-state index contributed by atoms with van der Waals surface area (Å²) in [6.45, 7) is 4.04. The number of hydrogen-bond acceptors (Lipinski definition) is 4. The number of thioether (sulfide) groups is 1. The molecule has 28 heavy (non-hydrogen) atoms. The Morgan fingerprint density at radius 2 is 1.68 bits per heavy atom. The lowest BCUT2D eigenvalue weighted by atomic mass is 10.1. The maximum absolute atomic E-state index is 13.2. The lowest BCUT2D eigenvalue weighted by molar-refractivity contribution is -0.115. The zero-order valence-electron chi connectivity index (χ0n) is 15.7. The van der Waals surface area contributed by atoms with Crippen LogP contribution in [0.5, 0.6) is 0 Å². The number of pyridine rings is 1. The van der Waals surface area contributed by atoms with E-state index in [9.17, 15) is 4.79 Å². The minimum absolute atomic E-state index is 0.0890. The number of rotatable bonds is 5. The number of carbonyl (C=O) groups excluding carboxylic acids is 1. The zero-order chi connectivity index (χ0) is 19.5. The Bertz CT molecular complexity index is 1100. The minimum Gasteiger partial charge on any atom is -0.325 e. The number of nitrogens with one attached hydrogen (secondary N) is 1. The van der Waals surface area contributed by atoms with E-state index in [1.54, 1.807) is 0 Å².